The van der Waals surface area contributed by atoms with Gasteiger partial charge in [0.25, 0.3) is 11.5 Å². The number of carbonyl (C=O) groups excluding carboxylic acids is 1. The summed E-state index contributed by atoms with van der Waals surface area (Å²) in [6.07, 6.45) is -10.0. The summed E-state index contributed by atoms with van der Waals surface area (Å²) in [5, 5.41) is 0.425. The van der Waals surface area contributed by atoms with Gasteiger partial charge in [-0.1, -0.05) is 43.3 Å². The minimum atomic E-state index is -5.02. The number of halogens is 6. The Morgan fingerprint density at radius 2 is 1.50 bits per heavy atom. The molecule has 208 valence electrons. The van der Waals surface area contributed by atoms with Crippen molar-refractivity contribution in [3.8, 4) is 11.1 Å². The minimum Gasteiger partial charge on any atom is -0.333 e. The number of hydrogen-bond acceptors (Lipinski definition) is 3. The SMILES string of the molecule is Cc1ccc2c(-c3ccccc3)c3n(c(=O)c2n1)C[C@@H](C)CN(Cc1cc(C(F)(F)F)cc(C(F)(F)F)c1)C3=O. The van der Waals surface area contributed by atoms with E-state index in [1.54, 1.807) is 56.3 Å². The third-order valence-corrected chi connectivity index (χ3v) is 6.86. The van der Waals surface area contributed by atoms with Gasteiger partial charge in [-0.3, -0.25) is 9.59 Å². The average molecular weight is 560 g/mol. The van der Waals surface area contributed by atoms with E-state index in [-0.39, 0.29) is 41.8 Å². The highest BCUT2D eigenvalue weighted by atomic mass is 19.4. The van der Waals surface area contributed by atoms with Crippen LogP contribution in [0.4, 0.5) is 26.3 Å². The number of nitrogens with zero attached hydrogens (tertiary/aromatic N) is 3. The number of amides is 1. The summed E-state index contributed by atoms with van der Waals surface area (Å²) >= 11 is 0. The van der Waals surface area contributed by atoms with Gasteiger partial charge in [-0.15, -0.1) is 0 Å². The predicted molar refractivity (Wildman–Crippen MR) is 137 cm³/mol. The van der Waals surface area contributed by atoms with Gasteiger partial charge in [0.2, 0.25) is 0 Å². The van der Waals surface area contributed by atoms with Crippen molar-refractivity contribution in [2.45, 2.75) is 39.3 Å². The molecule has 11 heteroatoms. The average Bonchev–Trinajstić information content (AvgIpc) is 3.00. The van der Waals surface area contributed by atoms with Crippen LogP contribution >= 0.6 is 0 Å². The first kappa shape index (κ1) is 27.4. The third kappa shape index (κ3) is 5.07. The van der Waals surface area contributed by atoms with Gasteiger partial charge in [0.15, 0.2) is 0 Å². The molecule has 0 fully saturated rings. The van der Waals surface area contributed by atoms with Crippen LogP contribution < -0.4 is 5.56 Å². The first-order chi connectivity index (χ1) is 18.7. The van der Waals surface area contributed by atoms with Gasteiger partial charge in [0, 0.05) is 36.3 Å². The fraction of sp³-hybridized carbons (Fsp3) is 0.276. The van der Waals surface area contributed by atoms with Crippen LogP contribution in [-0.2, 0) is 25.4 Å². The molecule has 0 saturated carbocycles. The molecule has 3 heterocycles. The fourth-order valence-corrected chi connectivity index (χ4v) is 5.15. The number of fused-ring (bicyclic) bond motifs is 2. The van der Waals surface area contributed by atoms with Crippen LogP contribution in [0.25, 0.3) is 22.0 Å². The summed E-state index contributed by atoms with van der Waals surface area (Å²) in [5.41, 5.74) is -1.90. The van der Waals surface area contributed by atoms with Gasteiger partial charge in [0.1, 0.15) is 11.2 Å². The molecule has 1 amide bonds. The van der Waals surface area contributed by atoms with Crippen LogP contribution in [0.15, 0.2) is 65.5 Å². The number of pyridine rings is 2. The number of carbonyl (C=O) groups is 1. The van der Waals surface area contributed by atoms with E-state index in [0.29, 0.717) is 34.3 Å². The minimum absolute atomic E-state index is 0.00851. The van der Waals surface area contributed by atoms with Crippen molar-refractivity contribution in [3.05, 3.63) is 99.1 Å². The van der Waals surface area contributed by atoms with E-state index in [9.17, 15) is 35.9 Å². The molecule has 0 bridgehead atoms. The zero-order chi connectivity index (χ0) is 29.0. The largest absolute Gasteiger partial charge is 0.416 e. The Labute approximate surface area is 224 Å². The Morgan fingerprint density at radius 1 is 0.875 bits per heavy atom. The number of hydrogen-bond donors (Lipinski definition) is 0. The summed E-state index contributed by atoms with van der Waals surface area (Å²) in [5.74, 6) is -1.02. The van der Waals surface area contributed by atoms with Crippen molar-refractivity contribution in [1.82, 2.24) is 14.5 Å². The molecule has 1 aliphatic heterocycles. The standard InChI is InChI=1S/C29H23F6N3O2/c1-16-13-37(15-18-10-20(28(30,31)32)12-21(11-18)29(33,34)35)27(40)25-23(19-6-4-3-5-7-19)22-9-8-17(2)36-24(22)26(39)38(25)14-16/h3-12,16H,13-15H2,1-2H3/t16-/m0/s1. The second-order valence-corrected chi connectivity index (χ2v) is 10.1. The first-order valence-corrected chi connectivity index (χ1v) is 12.4. The van der Waals surface area contributed by atoms with E-state index >= 15 is 0 Å². The van der Waals surface area contributed by atoms with Crippen LogP contribution in [0.3, 0.4) is 0 Å². The summed E-state index contributed by atoms with van der Waals surface area (Å²) in [6, 6.07) is 13.5. The van der Waals surface area contributed by atoms with Crippen molar-refractivity contribution in [2.75, 3.05) is 6.54 Å². The number of aryl methyl sites for hydroxylation is 1. The second-order valence-electron chi connectivity index (χ2n) is 10.1. The molecule has 2 aromatic carbocycles. The van der Waals surface area contributed by atoms with E-state index in [4.69, 9.17) is 0 Å². The predicted octanol–water partition coefficient (Wildman–Crippen LogP) is 6.70. The maximum atomic E-state index is 14.1. The lowest BCUT2D eigenvalue weighted by Crippen LogP contribution is -2.34. The highest BCUT2D eigenvalue weighted by Crippen LogP contribution is 2.37. The number of alkyl halides is 6. The third-order valence-electron chi connectivity index (χ3n) is 6.86. The smallest absolute Gasteiger partial charge is 0.333 e. The van der Waals surface area contributed by atoms with Gasteiger partial charge in [-0.2, -0.15) is 26.3 Å². The zero-order valence-corrected chi connectivity index (χ0v) is 21.4. The molecular weight excluding hydrogens is 536 g/mol. The molecular formula is C29H23F6N3O2. The Hall–Kier alpha value is -4.15. The quantitative estimate of drug-likeness (QED) is 0.263. The molecule has 4 aromatic rings. The van der Waals surface area contributed by atoms with Crippen LogP contribution in [0, 0.1) is 12.8 Å². The Bertz CT molecular complexity index is 1640. The molecule has 5 nitrogen and oxygen atoms in total. The highest BCUT2D eigenvalue weighted by molar-refractivity contribution is 6.07. The molecule has 0 saturated heterocycles. The van der Waals surface area contributed by atoms with Gasteiger partial charge in [0.05, 0.1) is 11.1 Å². The lowest BCUT2D eigenvalue weighted by atomic mass is 9.97. The van der Waals surface area contributed by atoms with Crippen molar-refractivity contribution in [1.29, 1.82) is 0 Å². The Balaban J connectivity index is 1.71. The fourth-order valence-electron chi connectivity index (χ4n) is 5.15. The van der Waals surface area contributed by atoms with E-state index in [2.05, 4.69) is 4.98 Å². The maximum absolute atomic E-state index is 14.1. The molecule has 0 spiro atoms. The van der Waals surface area contributed by atoms with E-state index < -0.39 is 41.5 Å². The molecule has 40 heavy (non-hydrogen) atoms. The number of aromatic nitrogens is 2. The summed E-state index contributed by atoms with van der Waals surface area (Å²) in [6.45, 7) is 3.10. The molecule has 0 N–H and O–H groups in total. The van der Waals surface area contributed by atoms with Gasteiger partial charge in [-0.05, 0) is 48.2 Å². The van der Waals surface area contributed by atoms with Crippen LogP contribution in [0.5, 0.6) is 0 Å². The van der Waals surface area contributed by atoms with Crippen molar-refractivity contribution in [2.24, 2.45) is 5.92 Å². The number of rotatable bonds is 3. The van der Waals surface area contributed by atoms with Gasteiger partial charge < -0.3 is 9.47 Å². The molecule has 5 rings (SSSR count). The van der Waals surface area contributed by atoms with Crippen LogP contribution in [-0.4, -0.2) is 26.9 Å². The monoisotopic (exact) mass is 559 g/mol. The molecule has 0 radical (unpaired) electrons. The van der Waals surface area contributed by atoms with Crippen LogP contribution in [0.1, 0.15) is 39.8 Å². The van der Waals surface area contributed by atoms with Gasteiger partial charge >= 0.3 is 12.4 Å². The molecule has 2 aromatic heterocycles. The number of benzene rings is 2. The topological polar surface area (TPSA) is 55.2 Å². The molecule has 1 aliphatic rings. The summed E-state index contributed by atoms with van der Waals surface area (Å²) in [7, 11) is 0. The summed E-state index contributed by atoms with van der Waals surface area (Å²) < 4.78 is 82.2. The van der Waals surface area contributed by atoms with E-state index in [0.717, 1.165) is 0 Å². The zero-order valence-electron chi connectivity index (χ0n) is 21.4. The molecule has 1 atom stereocenters. The van der Waals surface area contributed by atoms with E-state index in [1.165, 1.54) is 9.47 Å². The molecule has 0 aliphatic carbocycles. The first-order valence-electron chi connectivity index (χ1n) is 12.4. The lowest BCUT2D eigenvalue weighted by Gasteiger charge is -2.25. The Kier molecular flexibility index (Phi) is 6.71. The van der Waals surface area contributed by atoms with E-state index in [1.807, 2.05) is 0 Å². The second kappa shape index (κ2) is 9.79. The molecule has 0 unspecified atom stereocenters. The van der Waals surface area contributed by atoms with Crippen LogP contribution in [0.2, 0.25) is 0 Å². The Morgan fingerprint density at radius 3 is 2.10 bits per heavy atom. The lowest BCUT2D eigenvalue weighted by molar-refractivity contribution is -0.143. The normalized spacial score (nSPS) is 16.2. The van der Waals surface area contributed by atoms with Gasteiger partial charge in [-0.25, -0.2) is 4.98 Å². The van der Waals surface area contributed by atoms with Crippen molar-refractivity contribution >= 4 is 16.8 Å². The van der Waals surface area contributed by atoms with Crippen molar-refractivity contribution < 1.29 is 31.1 Å². The highest BCUT2D eigenvalue weighted by Gasteiger charge is 2.38. The summed E-state index contributed by atoms with van der Waals surface area (Å²) in [4.78, 5) is 33.4. The van der Waals surface area contributed by atoms with Crippen molar-refractivity contribution in [3.63, 3.8) is 0 Å². The maximum Gasteiger partial charge on any atom is 0.416 e.